The highest BCUT2D eigenvalue weighted by molar-refractivity contribution is 7.12. The molecule has 2 aromatic carbocycles. The Hall–Kier alpha value is -2.81. The van der Waals surface area contributed by atoms with Gasteiger partial charge in [-0.2, -0.15) is 0 Å². The molecule has 3 saturated heterocycles. The lowest BCUT2D eigenvalue weighted by Gasteiger charge is -2.51. The molecule has 9 heteroatoms. The molecule has 3 aliphatic heterocycles. The zero-order chi connectivity index (χ0) is 24.4. The van der Waals surface area contributed by atoms with Gasteiger partial charge < -0.3 is 26.4 Å². The van der Waals surface area contributed by atoms with Crippen LogP contribution in [0.2, 0.25) is 0 Å². The van der Waals surface area contributed by atoms with Crippen LogP contribution in [0.5, 0.6) is 0 Å². The lowest BCUT2D eigenvalue weighted by molar-refractivity contribution is -0.938. The summed E-state index contributed by atoms with van der Waals surface area (Å²) in [5, 5.41) is 1.90. The topological polar surface area (TPSA) is 52.6 Å². The van der Waals surface area contributed by atoms with Crippen molar-refractivity contribution >= 4 is 23.3 Å². The van der Waals surface area contributed by atoms with E-state index in [-0.39, 0.29) is 30.2 Å². The highest BCUT2D eigenvalue weighted by atomic mass is 35.5. The van der Waals surface area contributed by atoms with Crippen LogP contribution in [-0.4, -0.2) is 48.7 Å². The fourth-order valence-corrected chi connectivity index (χ4v) is 5.90. The molecule has 0 radical (unpaired) electrons. The summed E-state index contributed by atoms with van der Waals surface area (Å²) in [5.74, 6) is -0.469. The number of nitrogens with zero attached hydrogens (tertiary/aromatic N) is 1. The number of ketones is 1. The predicted octanol–water partition coefficient (Wildman–Crippen LogP) is 2.76. The third-order valence-electron chi connectivity index (χ3n) is 7.12. The van der Waals surface area contributed by atoms with Gasteiger partial charge in [0.1, 0.15) is 24.7 Å². The summed E-state index contributed by atoms with van der Waals surface area (Å²) in [7, 11) is 0. The van der Waals surface area contributed by atoms with Gasteiger partial charge >= 0.3 is 6.16 Å². The maximum atomic E-state index is 13.5. The lowest BCUT2D eigenvalue weighted by Crippen LogP contribution is -3.00. The first-order chi connectivity index (χ1) is 16.9. The second-order valence-corrected chi connectivity index (χ2v) is 10.3. The Morgan fingerprint density at radius 1 is 0.944 bits per heavy atom. The first-order valence-electron chi connectivity index (χ1n) is 11.7. The molecule has 4 heterocycles. The Balaban J connectivity index is 0.00000304. The molecule has 36 heavy (non-hydrogen) atoms. The predicted molar refractivity (Wildman–Crippen MR) is 127 cm³/mol. The molecule has 6 rings (SSSR count). The average Bonchev–Trinajstić information content (AvgIpc) is 3.40. The Morgan fingerprint density at radius 3 is 2.06 bits per heavy atom. The third kappa shape index (κ3) is 5.77. The smallest absolute Gasteiger partial charge is 0.509 e. The van der Waals surface area contributed by atoms with Crippen molar-refractivity contribution in [3.8, 4) is 0 Å². The number of thiophene rings is 1. The van der Waals surface area contributed by atoms with E-state index in [9.17, 15) is 18.4 Å². The van der Waals surface area contributed by atoms with Gasteiger partial charge in [-0.15, -0.1) is 11.3 Å². The van der Waals surface area contributed by atoms with Crippen LogP contribution < -0.4 is 12.4 Å². The lowest BCUT2D eigenvalue weighted by atomic mass is 9.83. The maximum absolute atomic E-state index is 13.5. The molecule has 0 saturated carbocycles. The Morgan fingerprint density at radius 2 is 1.53 bits per heavy atom. The number of halogens is 3. The highest BCUT2D eigenvalue weighted by Gasteiger charge is 2.49. The molecule has 0 aliphatic carbocycles. The molecule has 5 nitrogen and oxygen atoms in total. The van der Waals surface area contributed by atoms with Gasteiger partial charge in [-0.1, -0.05) is 30.3 Å². The number of hydrogen-bond donors (Lipinski definition) is 0. The number of piperidine rings is 3. The number of benzene rings is 2. The van der Waals surface area contributed by atoms with Crippen LogP contribution in [0.3, 0.4) is 0 Å². The van der Waals surface area contributed by atoms with E-state index in [2.05, 4.69) is 0 Å². The minimum atomic E-state index is -0.867. The maximum Gasteiger partial charge on any atom is 0.509 e. The van der Waals surface area contributed by atoms with Gasteiger partial charge in [0.05, 0.1) is 18.0 Å². The van der Waals surface area contributed by atoms with E-state index in [0.29, 0.717) is 28.7 Å². The number of quaternary nitrogens is 1. The molecule has 0 N–H and O–H groups in total. The first kappa shape index (κ1) is 26.3. The number of carbonyl (C=O) groups excluding carboxylic acids is 2. The van der Waals surface area contributed by atoms with Crippen molar-refractivity contribution in [1.29, 1.82) is 0 Å². The van der Waals surface area contributed by atoms with Crippen LogP contribution in [0.25, 0.3) is 0 Å². The molecule has 0 unspecified atom stereocenters. The molecule has 2 bridgehead atoms. The summed E-state index contributed by atoms with van der Waals surface area (Å²) in [6.07, 6.45) is -0.272. The Labute approximate surface area is 218 Å². The van der Waals surface area contributed by atoms with E-state index >= 15 is 0 Å². The molecular formula is C27H26ClF2NO4S. The molecular weight excluding hydrogens is 508 g/mol. The minimum Gasteiger partial charge on any atom is -1.00 e. The summed E-state index contributed by atoms with van der Waals surface area (Å²) in [4.78, 5) is 26.5. The van der Waals surface area contributed by atoms with Crippen molar-refractivity contribution in [2.45, 2.75) is 25.0 Å². The van der Waals surface area contributed by atoms with Gasteiger partial charge in [-0.05, 0) is 46.8 Å². The second kappa shape index (κ2) is 11.1. The van der Waals surface area contributed by atoms with Crippen LogP contribution in [0.1, 0.15) is 39.7 Å². The zero-order valence-corrected chi connectivity index (χ0v) is 21.0. The number of ether oxygens (including phenoxy) is 2. The number of carbonyl (C=O) groups is 2. The van der Waals surface area contributed by atoms with E-state index in [1.54, 1.807) is 0 Å². The Kier molecular flexibility index (Phi) is 8.07. The summed E-state index contributed by atoms with van der Waals surface area (Å²) in [6.45, 7) is 2.76. The van der Waals surface area contributed by atoms with Gasteiger partial charge in [0.25, 0.3) is 0 Å². The zero-order valence-electron chi connectivity index (χ0n) is 19.4. The van der Waals surface area contributed by atoms with Crippen LogP contribution in [-0.2, 0) is 9.47 Å². The molecule has 1 aromatic heterocycles. The standard InChI is InChI=1S/C27H26F2NO4S.ClH/c28-21-7-3-19(4-8-21)26(20-5-9-22(29)10-6-20)34-27(32)33-24-17-30(13-11-18(24)12-14-30)16-23(31)25-2-1-15-35-25;/h1-10,15,18,24,26H,11-14,16-17H2;1H/q+1;/p-1/t18?,24-,30?;/m0./s1. The number of rotatable bonds is 7. The average molecular weight is 534 g/mol. The van der Waals surface area contributed by atoms with Crippen molar-refractivity contribution in [2.75, 3.05) is 26.2 Å². The SMILES string of the molecule is O=C(OC(c1ccc(F)cc1)c1ccc(F)cc1)O[C@H]1C[N+]2(CC(=O)c3cccs3)CCC1CC2.[Cl-]. The van der Waals surface area contributed by atoms with Gasteiger partial charge in [0.2, 0.25) is 5.78 Å². The highest BCUT2D eigenvalue weighted by Crippen LogP contribution is 2.37. The van der Waals surface area contributed by atoms with Crippen LogP contribution in [0, 0.1) is 17.6 Å². The number of fused-ring (bicyclic) bond motifs is 3. The molecule has 1 atom stereocenters. The van der Waals surface area contributed by atoms with E-state index in [0.717, 1.165) is 30.8 Å². The fourth-order valence-electron chi connectivity index (χ4n) is 5.25. The quantitative estimate of drug-likeness (QED) is 0.266. The molecule has 3 fully saturated rings. The molecule has 190 valence electrons. The van der Waals surface area contributed by atoms with E-state index in [1.807, 2.05) is 17.5 Å². The van der Waals surface area contributed by atoms with Gasteiger partial charge in [0.15, 0.2) is 12.2 Å². The second-order valence-electron chi connectivity index (χ2n) is 9.37. The largest absolute Gasteiger partial charge is 1.00 e. The van der Waals surface area contributed by atoms with Crippen LogP contribution in [0.4, 0.5) is 13.6 Å². The summed E-state index contributed by atoms with van der Waals surface area (Å²) in [6, 6.07) is 15.0. The van der Waals surface area contributed by atoms with Crippen molar-refractivity contribution in [2.24, 2.45) is 5.92 Å². The van der Waals surface area contributed by atoms with Crippen molar-refractivity contribution in [3.63, 3.8) is 0 Å². The first-order valence-corrected chi connectivity index (χ1v) is 12.6. The van der Waals surface area contributed by atoms with Gasteiger partial charge in [-0.3, -0.25) is 4.79 Å². The summed E-state index contributed by atoms with van der Waals surface area (Å²) in [5.41, 5.74) is 1.10. The fraction of sp³-hybridized carbons (Fsp3) is 0.333. The monoisotopic (exact) mass is 533 g/mol. The Bertz CT molecular complexity index is 1130. The minimum absolute atomic E-state index is 0. The molecule has 3 aliphatic rings. The van der Waals surface area contributed by atoms with Crippen molar-refractivity contribution < 1.29 is 44.7 Å². The van der Waals surface area contributed by atoms with Crippen LogP contribution >= 0.6 is 11.3 Å². The normalized spacial score (nSPS) is 22.6. The summed E-state index contributed by atoms with van der Waals surface area (Å²) < 4.78 is 39.1. The van der Waals surface area contributed by atoms with Crippen molar-refractivity contribution in [1.82, 2.24) is 0 Å². The van der Waals surface area contributed by atoms with E-state index in [1.165, 1.54) is 59.9 Å². The van der Waals surface area contributed by atoms with E-state index in [4.69, 9.17) is 9.47 Å². The molecule has 0 spiro atoms. The third-order valence-corrected chi connectivity index (χ3v) is 8.03. The number of Topliss-reactive ketones (excluding diaryl/α,β-unsaturated/α-hetero) is 1. The molecule has 3 aromatic rings. The van der Waals surface area contributed by atoms with Crippen LogP contribution in [0.15, 0.2) is 66.0 Å². The van der Waals surface area contributed by atoms with E-state index < -0.39 is 23.9 Å². The number of hydrogen-bond acceptors (Lipinski definition) is 5. The van der Waals surface area contributed by atoms with Gasteiger partial charge in [0, 0.05) is 18.8 Å². The molecule has 0 amide bonds. The van der Waals surface area contributed by atoms with Crippen molar-refractivity contribution in [3.05, 3.63) is 93.7 Å². The summed E-state index contributed by atoms with van der Waals surface area (Å²) >= 11 is 1.45. The van der Waals surface area contributed by atoms with Gasteiger partial charge in [-0.25, -0.2) is 13.6 Å².